The molecule has 0 bridgehead atoms. The number of oxime groups is 1. The third-order valence-corrected chi connectivity index (χ3v) is 8.55. The molecule has 4 aromatic rings. The van der Waals surface area contributed by atoms with Gasteiger partial charge in [0.15, 0.2) is 0 Å². The quantitative estimate of drug-likeness (QED) is 0.0268. The van der Waals surface area contributed by atoms with Gasteiger partial charge in [0.2, 0.25) is 0 Å². The smallest absolute Gasteiger partial charge is 0.272 e. The van der Waals surface area contributed by atoms with Crippen LogP contribution in [0.2, 0.25) is 0 Å². The number of aromatic amines is 3. The van der Waals surface area contributed by atoms with Gasteiger partial charge < -0.3 is 52.1 Å². The number of carbonyl (C=O) groups excluding carboxylic acids is 4. The topological polar surface area (TPSA) is 226 Å². The van der Waals surface area contributed by atoms with Gasteiger partial charge in [0, 0.05) is 83.2 Å². The maximum atomic E-state index is 13.2. The molecule has 3 aromatic heterocycles. The van der Waals surface area contributed by atoms with Gasteiger partial charge in [-0.25, -0.2) is 0 Å². The number of H-pyrrole nitrogens is 3. The summed E-state index contributed by atoms with van der Waals surface area (Å²) >= 11 is 6.95. The van der Waals surface area contributed by atoms with E-state index in [1.807, 2.05) is 12.1 Å². The third-order valence-electron chi connectivity index (χ3n) is 7.84. The van der Waals surface area contributed by atoms with Gasteiger partial charge in [-0.15, -0.1) is 0 Å². The fraction of sp³-hybridized carbons (Fsp3) is 0.281. The van der Waals surface area contributed by atoms with Crippen molar-refractivity contribution in [3.8, 4) is 0 Å². The summed E-state index contributed by atoms with van der Waals surface area (Å²) in [5.41, 5.74) is 10.4. The zero-order valence-electron chi connectivity index (χ0n) is 27.1. The van der Waals surface area contributed by atoms with E-state index < -0.39 is 17.7 Å². The van der Waals surface area contributed by atoms with Gasteiger partial charge >= 0.3 is 0 Å². The van der Waals surface area contributed by atoms with E-state index in [1.165, 1.54) is 12.4 Å². The molecule has 0 atom stereocenters. The maximum Gasteiger partial charge on any atom is 0.272 e. The number of alkyl halides is 2. The summed E-state index contributed by atoms with van der Waals surface area (Å²) in [6.07, 6.45) is 4.73. The normalized spacial score (nSPS) is 11.2. The van der Waals surface area contributed by atoms with Crippen LogP contribution < -0.4 is 31.9 Å². The Morgan fingerprint density at radius 2 is 1.16 bits per heavy atom. The molecule has 10 N–H and O–H groups in total. The zero-order valence-corrected chi connectivity index (χ0v) is 30.3. The van der Waals surface area contributed by atoms with Crippen molar-refractivity contribution in [3.05, 3.63) is 82.2 Å². The van der Waals surface area contributed by atoms with Crippen LogP contribution in [0.3, 0.4) is 0 Å². The van der Waals surface area contributed by atoms with Crippen molar-refractivity contribution < 1.29 is 24.4 Å². The first-order chi connectivity index (χ1) is 23.5. The standard InChI is InChI=1S/C32H38Br2N10O5/c1-17-23(15-37-26(17)30(46)36-11-8-25(35)43-49)41-32(48)28-19(3)24(16-39-28)42-31(47)27-18(2)22(14-38-27)40-29(45)20-4-6-21(7-5-20)44(12-9-33)13-10-34/h4-7,14-16,37-39,49H,8-13H2,1-3H3,(H2,35,43)(H,36,46)(H,40,45)(H,41,48)(H,42,47). The highest BCUT2D eigenvalue weighted by atomic mass is 79.9. The molecule has 0 saturated heterocycles. The number of hydrogen-bond acceptors (Lipinski definition) is 7. The number of anilines is 4. The van der Waals surface area contributed by atoms with Gasteiger partial charge in [0.25, 0.3) is 23.6 Å². The molecular formula is C32H38Br2N10O5. The van der Waals surface area contributed by atoms with Crippen LogP contribution in [-0.2, 0) is 0 Å². The Balaban J connectivity index is 1.37. The summed E-state index contributed by atoms with van der Waals surface area (Å²) in [5, 5.41) is 24.2. The number of carbonyl (C=O) groups is 4. The van der Waals surface area contributed by atoms with Crippen LogP contribution in [0.4, 0.5) is 22.7 Å². The highest BCUT2D eigenvalue weighted by Gasteiger charge is 2.22. The second-order valence-electron chi connectivity index (χ2n) is 11.0. The van der Waals surface area contributed by atoms with Gasteiger partial charge in [0.05, 0.1) is 17.1 Å². The van der Waals surface area contributed by atoms with E-state index in [9.17, 15) is 19.2 Å². The van der Waals surface area contributed by atoms with Crippen molar-refractivity contribution in [1.82, 2.24) is 20.3 Å². The highest BCUT2D eigenvalue weighted by Crippen LogP contribution is 2.25. The van der Waals surface area contributed by atoms with E-state index in [1.54, 1.807) is 39.1 Å². The number of benzene rings is 1. The van der Waals surface area contributed by atoms with Crippen molar-refractivity contribution in [2.45, 2.75) is 27.2 Å². The SMILES string of the molecule is Cc1c(NC(=O)c2ccc(N(CCBr)CCBr)cc2)c[nH]c1C(=O)Nc1c[nH]c(C(=O)Nc2c[nH]c(C(=O)NCCC(N)=NO)c2C)c1C. The Labute approximate surface area is 299 Å². The van der Waals surface area contributed by atoms with Crippen molar-refractivity contribution in [2.75, 3.05) is 51.1 Å². The number of hydrogen-bond donors (Lipinski definition) is 9. The molecule has 15 nitrogen and oxygen atoms in total. The molecule has 4 rings (SSSR count). The fourth-order valence-electron chi connectivity index (χ4n) is 4.99. The minimum Gasteiger partial charge on any atom is -0.409 e. The van der Waals surface area contributed by atoms with Crippen LogP contribution in [0.15, 0.2) is 48.0 Å². The number of nitrogens with zero attached hydrogens (tertiary/aromatic N) is 2. The summed E-state index contributed by atoms with van der Waals surface area (Å²) in [5.74, 6) is -1.68. The number of nitrogens with one attached hydrogen (secondary N) is 7. The molecule has 1 aromatic carbocycles. The summed E-state index contributed by atoms with van der Waals surface area (Å²) in [6, 6.07) is 7.34. The predicted octanol–water partition coefficient (Wildman–Crippen LogP) is 4.82. The molecule has 0 saturated carbocycles. The molecule has 260 valence electrons. The predicted molar refractivity (Wildman–Crippen MR) is 197 cm³/mol. The zero-order chi connectivity index (χ0) is 35.7. The molecule has 0 unspecified atom stereocenters. The van der Waals surface area contributed by atoms with Gasteiger partial charge in [-0.3, -0.25) is 19.2 Å². The fourth-order valence-corrected chi connectivity index (χ4v) is 5.84. The Morgan fingerprint density at radius 3 is 1.59 bits per heavy atom. The van der Waals surface area contributed by atoms with E-state index in [4.69, 9.17) is 10.9 Å². The summed E-state index contributed by atoms with van der Waals surface area (Å²) in [7, 11) is 0. The molecule has 0 aliphatic heterocycles. The van der Waals surface area contributed by atoms with Gasteiger partial charge in [-0.2, -0.15) is 0 Å². The molecule has 0 aliphatic carbocycles. The molecule has 17 heteroatoms. The number of halogens is 2. The number of nitrogens with two attached hydrogens (primary N) is 1. The molecular weight excluding hydrogens is 764 g/mol. The molecule has 3 heterocycles. The number of aromatic nitrogens is 3. The monoisotopic (exact) mass is 800 g/mol. The lowest BCUT2D eigenvalue weighted by Gasteiger charge is -2.23. The number of rotatable bonds is 15. The van der Waals surface area contributed by atoms with Crippen LogP contribution in [0.25, 0.3) is 0 Å². The van der Waals surface area contributed by atoms with Crippen LogP contribution in [0, 0.1) is 20.8 Å². The van der Waals surface area contributed by atoms with E-state index in [2.05, 4.69) is 78.1 Å². The molecule has 0 aliphatic rings. The van der Waals surface area contributed by atoms with Crippen LogP contribution in [-0.4, -0.2) is 79.9 Å². The summed E-state index contributed by atoms with van der Waals surface area (Å²) < 4.78 is 0. The van der Waals surface area contributed by atoms with E-state index in [0.717, 1.165) is 29.4 Å². The highest BCUT2D eigenvalue weighted by molar-refractivity contribution is 9.09. The Morgan fingerprint density at radius 1 is 0.735 bits per heavy atom. The molecule has 4 amide bonds. The Hall–Kier alpha value is -5.03. The minimum atomic E-state index is -0.480. The molecule has 0 fully saturated rings. The average molecular weight is 803 g/mol. The van der Waals surface area contributed by atoms with E-state index in [0.29, 0.717) is 39.3 Å². The number of amidine groups is 1. The summed E-state index contributed by atoms with van der Waals surface area (Å²) in [4.78, 5) is 62.8. The first kappa shape index (κ1) is 36.8. The second kappa shape index (κ2) is 16.9. The van der Waals surface area contributed by atoms with Gasteiger partial charge in [0.1, 0.15) is 22.9 Å². The molecule has 0 spiro atoms. The van der Waals surface area contributed by atoms with Crippen molar-refractivity contribution in [3.63, 3.8) is 0 Å². The van der Waals surface area contributed by atoms with Crippen LogP contribution in [0.5, 0.6) is 0 Å². The second-order valence-corrected chi connectivity index (χ2v) is 12.6. The lowest BCUT2D eigenvalue weighted by molar-refractivity contribution is 0.0947. The third kappa shape index (κ3) is 8.91. The van der Waals surface area contributed by atoms with Crippen molar-refractivity contribution in [1.29, 1.82) is 0 Å². The van der Waals surface area contributed by atoms with Crippen LogP contribution >= 0.6 is 31.9 Å². The summed E-state index contributed by atoms with van der Waals surface area (Å²) in [6.45, 7) is 6.90. The van der Waals surface area contributed by atoms with Crippen molar-refractivity contribution in [2.24, 2.45) is 10.9 Å². The van der Waals surface area contributed by atoms with E-state index in [-0.39, 0.29) is 41.8 Å². The van der Waals surface area contributed by atoms with Gasteiger partial charge in [-0.1, -0.05) is 37.0 Å². The molecule has 0 radical (unpaired) electrons. The first-order valence-electron chi connectivity index (χ1n) is 15.2. The molecule has 49 heavy (non-hydrogen) atoms. The lowest BCUT2D eigenvalue weighted by Crippen LogP contribution is -2.28. The van der Waals surface area contributed by atoms with E-state index >= 15 is 0 Å². The maximum absolute atomic E-state index is 13.2. The lowest BCUT2D eigenvalue weighted by atomic mass is 10.1. The Kier molecular flexibility index (Phi) is 12.7. The Bertz CT molecular complexity index is 1840. The minimum absolute atomic E-state index is 0.0125. The van der Waals surface area contributed by atoms with Crippen LogP contribution in [0.1, 0.15) is 64.9 Å². The first-order valence-corrected chi connectivity index (χ1v) is 17.4. The largest absolute Gasteiger partial charge is 0.409 e. The van der Waals surface area contributed by atoms with Crippen molar-refractivity contribution >= 4 is 84.1 Å². The number of amides is 4. The average Bonchev–Trinajstić information content (AvgIpc) is 3.76. The van der Waals surface area contributed by atoms with Gasteiger partial charge in [-0.05, 0) is 45.0 Å².